The van der Waals surface area contributed by atoms with Crippen molar-refractivity contribution >= 4 is 0 Å². The van der Waals surface area contributed by atoms with Gasteiger partial charge in [-0.15, -0.1) is 0 Å². The van der Waals surface area contributed by atoms with E-state index in [4.69, 9.17) is 34.4 Å². The van der Waals surface area contributed by atoms with E-state index >= 15 is 0 Å². The fourth-order valence-electron chi connectivity index (χ4n) is 6.18. The van der Waals surface area contributed by atoms with Crippen molar-refractivity contribution in [1.82, 2.24) is 35.6 Å². The Kier molecular flexibility index (Phi) is 39.8. The maximum Gasteiger partial charge on any atom is -0.000653 e. The molecule has 0 aromatic rings. The topological polar surface area (TPSA) is 205 Å². The second kappa shape index (κ2) is 40.3. The van der Waals surface area contributed by atoms with Crippen LogP contribution in [-0.2, 0) is 0 Å². The zero-order valence-corrected chi connectivity index (χ0v) is 32.2. The summed E-state index contributed by atoms with van der Waals surface area (Å²) in [6.07, 6.45) is 13.4. The van der Waals surface area contributed by atoms with E-state index < -0.39 is 0 Å². The molecule has 0 aliphatic rings. The van der Waals surface area contributed by atoms with E-state index in [1.54, 1.807) is 0 Å². The van der Waals surface area contributed by atoms with Crippen LogP contribution in [0.1, 0.15) is 77.0 Å². The molecule has 0 atom stereocenters. The fraction of sp³-hybridized carbons (Fsp3) is 1.00. The Morgan fingerprint density at radius 3 is 0.633 bits per heavy atom. The van der Waals surface area contributed by atoms with Gasteiger partial charge >= 0.3 is 0 Å². The third-order valence-electron chi connectivity index (χ3n) is 9.04. The fourth-order valence-corrected chi connectivity index (χ4v) is 6.18. The third kappa shape index (κ3) is 34.3. The standard InChI is InChI=1S/C36H87N13/c37-13-1-19-43-21-7-30-48(31-10-24-45-23-9-29-46(25-3-15-39)26-4-16-40)34-12-36-49(32-8-22-44-20-2-14-38)35-11-33-47(27-5-17-41)28-6-18-42/h43-45H,1-42H2. The van der Waals surface area contributed by atoms with Gasteiger partial charge in [0.25, 0.3) is 0 Å². The van der Waals surface area contributed by atoms with E-state index in [0.29, 0.717) is 0 Å². The van der Waals surface area contributed by atoms with Crippen molar-refractivity contribution in [3.8, 4) is 0 Å². The molecule has 49 heavy (non-hydrogen) atoms. The highest BCUT2D eigenvalue weighted by Crippen LogP contribution is 2.04. The number of nitrogens with two attached hydrogens (primary N) is 6. The Hall–Kier alpha value is -0.520. The lowest BCUT2D eigenvalue weighted by Gasteiger charge is -2.28. The number of rotatable bonds is 42. The summed E-state index contributed by atoms with van der Waals surface area (Å²) >= 11 is 0. The van der Waals surface area contributed by atoms with E-state index in [9.17, 15) is 0 Å². The molecule has 15 N–H and O–H groups in total. The predicted molar refractivity (Wildman–Crippen MR) is 214 cm³/mol. The first-order valence-electron chi connectivity index (χ1n) is 20.4. The van der Waals surface area contributed by atoms with Gasteiger partial charge in [0.15, 0.2) is 0 Å². The zero-order valence-electron chi connectivity index (χ0n) is 32.2. The van der Waals surface area contributed by atoms with Gasteiger partial charge in [0.1, 0.15) is 0 Å². The molecule has 13 nitrogen and oxygen atoms in total. The van der Waals surface area contributed by atoms with Crippen LogP contribution in [0.2, 0.25) is 0 Å². The van der Waals surface area contributed by atoms with Gasteiger partial charge in [-0.05, 0) is 234 Å². The summed E-state index contributed by atoms with van der Waals surface area (Å²) < 4.78 is 0. The second-order valence-electron chi connectivity index (χ2n) is 13.6. The van der Waals surface area contributed by atoms with Crippen LogP contribution >= 0.6 is 0 Å². The molecule has 0 aromatic heterocycles. The molecule has 0 aliphatic heterocycles. The minimum absolute atomic E-state index is 0.753. The Morgan fingerprint density at radius 1 is 0.224 bits per heavy atom. The molecular formula is C36H87N13. The van der Waals surface area contributed by atoms with Gasteiger partial charge in [-0.25, -0.2) is 0 Å². The molecular weight excluding hydrogens is 614 g/mol. The van der Waals surface area contributed by atoms with Gasteiger partial charge in [-0.1, -0.05) is 0 Å². The lowest BCUT2D eigenvalue weighted by atomic mass is 10.2. The van der Waals surface area contributed by atoms with Crippen LogP contribution in [-0.4, -0.2) is 177 Å². The van der Waals surface area contributed by atoms with E-state index in [0.717, 1.165) is 196 Å². The van der Waals surface area contributed by atoms with Crippen LogP contribution in [0.15, 0.2) is 0 Å². The molecule has 0 rings (SSSR count). The molecule has 0 saturated heterocycles. The Balaban J connectivity index is 4.83. The van der Waals surface area contributed by atoms with Gasteiger partial charge in [-0.2, -0.15) is 0 Å². The monoisotopic (exact) mass is 702 g/mol. The predicted octanol–water partition coefficient (Wildman–Crippen LogP) is -0.603. The summed E-state index contributed by atoms with van der Waals surface area (Å²) in [7, 11) is 0. The third-order valence-corrected chi connectivity index (χ3v) is 9.04. The van der Waals surface area contributed by atoms with Crippen LogP contribution in [0.25, 0.3) is 0 Å². The Morgan fingerprint density at radius 2 is 0.408 bits per heavy atom. The van der Waals surface area contributed by atoms with Crippen molar-refractivity contribution in [2.24, 2.45) is 34.4 Å². The van der Waals surface area contributed by atoms with Gasteiger partial charge in [0.05, 0.1) is 0 Å². The average Bonchev–Trinajstić information content (AvgIpc) is 3.11. The second-order valence-corrected chi connectivity index (χ2v) is 13.6. The lowest BCUT2D eigenvalue weighted by Crippen LogP contribution is -2.36. The summed E-state index contributed by atoms with van der Waals surface area (Å²) in [5, 5.41) is 10.8. The largest absolute Gasteiger partial charge is 0.330 e. The molecule has 0 aliphatic carbocycles. The maximum atomic E-state index is 5.82. The van der Waals surface area contributed by atoms with Crippen molar-refractivity contribution in [3.63, 3.8) is 0 Å². The molecule has 0 spiro atoms. The maximum absolute atomic E-state index is 5.82. The minimum Gasteiger partial charge on any atom is -0.330 e. The first kappa shape index (κ1) is 48.5. The molecule has 0 radical (unpaired) electrons. The smallest absolute Gasteiger partial charge is 0.000653 e. The molecule has 13 heteroatoms. The number of hydrogen-bond acceptors (Lipinski definition) is 13. The summed E-state index contributed by atoms with van der Waals surface area (Å²) in [4.78, 5) is 10.5. The highest BCUT2D eigenvalue weighted by atomic mass is 15.2. The van der Waals surface area contributed by atoms with Gasteiger partial charge < -0.3 is 70.0 Å². The van der Waals surface area contributed by atoms with Crippen molar-refractivity contribution in [1.29, 1.82) is 0 Å². The van der Waals surface area contributed by atoms with Gasteiger partial charge in [0, 0.05) is 0 Å². The summed E-state index contributed by atoms with van der Waals surface area (Å²) in [5.74, 6) is 0. The van der Waals surface area contributed by atoms with Gasteiger partial charge in [0.2, 0.25) is 0 Å². The van der Waals surface area contributed by atoms with Crippen LogP contribution in [0.4, 0.5) is 0 Å². The van der Waals surface area contributed by atoms with Crippen molar-refractivity contribution in [2.45, 2.75) is 77.0 Å². The first-order valence-corrected chi connectivity index (χ1v) is 20.4. The van der Waals surface area contributed by atoms with E-state index in [-0.39, 0.29) is 0 Å². The highest BCUT2D eigenvalue weighted by Gasteiger charge is 2.11. The van der Waals surface area contributed by atoms with Crippen LogP contribution in [0.5, 0.6) is 0 Å². The van der Waals surface area contributed by atoms with E-state index in [2.05, 4.69) is 35.6 Å². The minimum atomic E-state index is 0.753. The molecule has 0 bridgehead atoms. The Labute approximate surface area is 303 Å². The summed E-state index contributed by atoms with van der Waals surface area (Å²) in [6.45, 7) is 24.3. The van der Waals surface area contributed by atoms with Crippen LogP contribution in [0.3, 0.4) is 0 Å². The number of hydrogen-bond donors (Lipinski definition) is 9. The average molecular weight is 702 g/mol. The first-order chi connectivity index (χ1) is 24.1. The molecule has 0 heterocycles. The molecule has 0 fully saturated rings. The highest BCUT2D eigenvalue weighted by molar-refractivity contribution is 4.68. The van der Waals surface area contributed by atoms with Crippen molar-refractivity contribution < 1.29 is 0 Å². The van der Waals surface area contributed by atoms with Crippen LogP contribution in [0, 0.1) is 0 Å². The van der Waals surface area contributed by atoms with Crippen LogP contribution < -0.4 is 50.4 Å². The molecule has 0 amide bonds. The molecule has 0 aromatic carbocycles. The summed E-state index contributed by atoms with van der Waals surface area (Å²) in [6, 6.07) is 0. The molecule has 296 valence electrons. The quantitative estimate of drug-likeness (QED) is 0.0365. The van der Waals surface area contributed by atoms with Crippen molar-refractivity contribution in [3.05, 3.63) is 0 Å². The van der Waals surface area contributed by atoms with Gasteiger partial charge in [-0.3, -0.25) is 0 Å². The summed E-state index contributed by atoms with van der Waals surface area (Å²) in [5.41, 5.74) is 34.5. The van der Waals surface area contributed by atoms with E-state index in [1.807, 2.05) is 0 Å². The Bertz CT molecular complexity index is 603. The zero-order chi connectivity index (χ0) is 35.9. The lowest BCUT2D eigenvalue weighted by molar-refractivity contribution is 0.203. The SMILES string of the molecule is NCCCNCCCN(CCCNCCCN(CCCN)CCCN)CCCN(CCCNCCCN)CCCN(CCCN)CCCN. The van der Waals surface area contributed by atoms with E-state index in [1.165, 1.54) is 38.5 Å². The molecule has 0 unspecified atom stereocenters. The number of nitrogens with zero attached hydrogens (tertiary/aromatic N) is 4. The normalized spacial score (nSPS) is 12.1. The van der Waals surface area contributed by atoms with Crippen molar-refractivity contribution in [2.75, 3.05) is 157 Å². The number of nitrogens with one attached hydrogen (secondary N) is 3. The molecule has 0 saturated carbocycles.